The smallest absolute Gasteiger partial charge is 0.318 e. The molecule has 1 saturated heterocycles. The second kappa shape index (κ2) is 11.6. The van der Waals surface area contributed by atoms with Crippen LogP contribution in [0.25, 0.3) is 10.8 Å². The quantitative estimate of drug-likeness (QED) is 0.367. The number of fused-ring (bicyclic) bond motifs is 2. The van der Waals surface area contributed by atoms with Gasteiger partial charge in [-0.05, 0) is 64.2 Å². The lowest BCUT2D eigenvalue weighted by Crippen LogP contribution is -2.52. The van der Waals surface area contributed by atoms with E-state index >= 15 is 0 Å². The van der Waals surface area contributed by atoms with Crippen LogP contribution in [0, 0.1) is 11.3 Å². The molecule has 2 aromatic carbocycles. The van der Waals surface area contributed by atoms with E-state index in [4.69, 9.17) is 26.3 Å². The van der Waals surface area contributed by atoms with Crippen LogP contribution in [0.5, 0.6) is 6.01 Å². The first-order valence-corrected chi connectivity index (χ1v) is 15.2. The van der Waals surface area contributed by atoms with Gasteiger partial charge in [-0.3, -0.25) is 9.80 Å². The Balaban J connectivity index is 1.30. The molecule has 1 aromatic heterocycles. The molecule has 0 N–H and O–H groups in total. The molecule has 1 saturated carbocycles. The number of piperazine rings is 1. The number of halogens is 1. The van der Waals surface area contributed by atoms with Crippen molar-refractivity contribution in [3.05, 3.63) is 52.7 Å². The maximum atomic E-state index is 9.42. The lowest BCUT2D eigenvalue weighted by atomic mass is 9.77. The highest BCUT2D eigenvalue weighted by Gasteiger charge is 2.35. The van der Waals surface area contributed by atoms with Crippen molar-refractivity contribution in [3.63, 3.8) is 0 Å². The summed E-state index contributed by atoms with van der Waals surface area (Å²) < 4.78 is 6.27. The minimum Gasteiger partial charge on any atom is -0.462 e. The molecule has 41 heavy (non-hydrogen) atoms. The molecule has 9 heteroatoms. The van der Waals surface area contributed by atoms with Crippen LogP contribution in [-0.4, -0.2) is 84.8 Å². The van der Waals surface area contributed by atoms with Gasteiger partial charge in [0.25, 0.3) is 0 Å². The highest BCUT2D eigenvalue weighted by atomic mass is 35.5. The molecule has 1 aliphatic carbocycles. The second-order valence-corrected chi connectivity index (χ2v) is 12.5. The molecule has 0 radical (unpaired) electrons. The predicted octanol–water partition coefficient (Wildman–Crippen LogP) is 5.13. The predicted molar refractivity (Wildman–Crippen MR) is 165 cm³/mol. The Morgan fingerprint density at radius 3 is 2.68 bits per heavy atom. The van der Waals surface area contributed by atoms with Gasteiger partial charge in [0.1, 0.15) is 12.4 Å². The van der Waals surface area contributed by atoms with Gasteiger partial charge in [-0.2, -0.15) is 15.2 Å². The molecule has 8 nitrogen and oxygen atoms in total. The fraction of sp³-hybridized carbons (Fsp3) is 0.531. The number of rotatable bonds is 8. The van der Waals surface area contributed by atoms with Crippen molar-refractivity contribution in [1.29, 1.82) is 5.26 Å². The number of anilines is 2. The molecule has 0 spiro atoms. The summed E-state index contributed by atoms with van der Waals surface area (Å²) in [6, 6.07) is 15.4. The summed E-state index contributed by atoms with van der Waals surface area (Å²) in [6.07, 6.45) is 5.12. The van der Waals surface area contributed by atoms with E-state index in [9.17, 15) is 5.26 Å². The average molecular weight is 574 g/mol. The molecule has 216 valence electrons. The lowest BCUT2D eigenvalue weighted by Gasteiger charge is -2.46. The standard InChI is InChI=1S/C32H40ClN7O/c1-32(13-6-14-32)38(3)19-20-41-31-35-27-22-39(28-10-5-8-23-7-4-9-26(33)29(23)28)16-12-25(27)30(36-31)40-18-17-37(2)24(21-40)11-15-34/h4-5,7-10,24H,6,11-14,16-22H2,1-3H3. The Morgan fingerprint density at radius 2 is 1.93 bits per heavy atom. The molecular formula is C32H40ClN7O. The second-order valence-electron chi connectivity index (χ2n) is 12.1. The molecule has 2 fully saturated rings. The van der Waals surface area contributed by atoms with Crippen molar-refractivity contribution in [3.8, 4) is 12.1 Å². The molecule has 1 atom stereocenters. The van der Waals surface area contributed by atoms with Gasteiger partial charge in [0, 0.05) is 60.9 Å². The van der Waals surface area contributed by atoms with Crippen molar-refractivity contribution in [2.45, 2.75) is 57.2 Å². The molecule has 6 rings (SSSR count). The van der Waals surface area contributed by atoms with Gasteiger partial charge in [0.05, 0.1) is 29.8 Å². The zero-order valence-electron chi connectivity index (χ0n) is 24.4. The van der Waals surface area contributed by atoms with Gasteiger partial charge >= 0.3 is 6.01 Å². The fourth-order valence-electron chi connectivity index (χ4n) is 6.54. The molecule has 3 heterocycles. The van der Waals surface area contributed by atoms with E-state index < -0.39 is 0 Å². The van der Waals surface area contributed by atoms with Gasteiger partial charge in [0.2, 0.25) is 0 Å². The molecule has 2 aliphatic heterocycles. The van der Waals surface area contributed by atoms with Crippen molar-refractivity contribution in [1.82, 2.24) is 19.8 Å². The third-order valence-corrected chi connectivity index (χ3v) is 9.92. The van der Waals surface area contributed by atoms with Gasteiger partial charge in [-0.25, -0.2) is 0 Å². The molecule has 1 unspecified atom stereocenters. The molecule has 0 amide bonds. The van der Waals surface area contributed by atoms with Crippen LogP contribution in [0.1, 0.15) is 43.9 Å². The van der Waals surface area contributed by atoms with Crippen molar-refractivity contribution in [2.75, 3.05) is 63.2 Å². The number of likely N-dealkylation sites (N-methyl/N-ethyl adjacent to an activating group) is 2. The molecule has 3 aliphatic rings. The highest BCUT2D eigenvalue weighted by Crippen LogP contribution is 2.38. The van der Waals surface area contributed by atoms with Crippen LogP contribution in [0.2, 0.25) is 5.02 Å². The van der Waals surface area contributed by atoms with E-state index in [1.165, 1.54) is 24.8 Å². The third kappa shape index (κ3) is 5.55. The van der Waals surface area contributed by atoms with E-state index in [0.29, 0.717) is 25.6 Å². The Labute approximate surface area is 248 Å². The zero-order valence-corrected chi connectivity index (χ0v) is 25.2. The maximum Gasteiger partial charge on any atom is 0.318 e. The Morgan fingerprint density at radius 1 is 1.12 bits per heavy atom. The number of benzene rings is 2. The van der Waals surface area contributed by atoms with Crippen LogP contribution in [0.3, 0.4) is 0 Å². The summed E-state index contributed by atoms with van der Waals surface area (Å²) in [7, 11) is 4.30. The first-order chi connectivity index (χ1) is 19.9. The molecule has 3 aromatic rings. The topological polar surface area (TPSA) is 71.8 Å². The van der Waals surface area contributed by atoms with Crippen LogP contribution in [0.4, 0.5) is 11.5 Å². The molecule has 0 bridgehead atoms. The van der Waals surface area contributed by atoms with Crippen molar-refractivity contribution >= 4 is 33.9 Å². The van der Waals surface area contributed by atoms with E-state index in [1.54, 1.807) is 0 Å². The zero-order chi connectivity index (χ0) is 28.6. The van der Waals surface area contributed by atoms with Gasteiger partial charge in [-0.1, -0.05) is 35.9 Å². The number of hydrogen-bond acceptors (Lipinski definition) is 8. The Bertz CT molecular complexity index is 1450. The Hall–Kier alpha value is -3.12. The summed E-state index contributed by atoms with van der Waals surface area (Å²) in [5.41, 5.74) is 3.61. The number of aromatic nitrogens is 2. The van der Waals surface area contributed by atoms with E-state index in [1.807, 2.05) is 12.1 Å². The fourth-order valence-corrected chi connectivity index (χ4v) is 6.82. The van der Waals surface area contributed by atoms with Crippen LogP contribution < -0.4 is 14.5 Å². The minimum atomic E-state index is 0.179. The molecular weight excluding hydrogens is 534 g/mol. The Kier molecular flexibility index (Phi) is 7.95. The maximum absolute atomic E-state index is 9.42. The van der Waals surface area contributed by atoms with E-state index in [2.05, 4.69) is 71.0 Å². The third-order valence-electron chi connectivity index (χ3n) is 9.61. The van der Waals surface area contributed by atoms with Crippen LogP contribution in [0.15, 0.2) is 36.4 Å². The van der Waals surface area contributed by atoms with E-state index in [0.717, 1.165) is 72.1 Å². The average Bonchev–Trinajstić information content (AvgIpc) is 2.96. The summed E-state index contributed by atoms with van der Waals surface area (Å²) in [6.45, 7) is 7.78. The van der Waals surface area contributed by atoms with Crippen LogP contribution in [-0.2, 0) is 13.0 Å². The summed E-state index contributed by atoms with van der Waals surface area (Å²) in [5, 5.41) is 12.4. The largest absolute Gasteiger partial charge is 0.462 e. The lowest BCUT2D eigenvalue weighted by molar-refractivity contribution is 0.0441. The van der Waals surface area contributed by atoms with Gasteiger partial charge < -0.3 is 14.5 Å². The van der Waals surface area contributed by atoms with Gasteiger partial charge in [0.15, 0.2) is 0 Å². The SMILES string of the molecule is CN1CCN(c2nc(OCCN(C)C3(C)CCC3)nc3c2CCN(c2cccc4cccc(Cl)c24)C3)CC1CC#N. The van der Waals surface area contributed by atoms with Crippen molar-refractivity contribution in [2.24, 2.45) is 0 Å². The number of nitriles is 1. The summed E-state index contributed by atoms with van der Waals surface area (Å²) in [4.78, 5) is 19.4. The summed E-state index contributed by atoms with van der Waals surface area (Å²) in [5.74, 6) is 0.968. The first-order valence-electron chi connectivity index (χ1n) is 14.8. The number of hydrogen-bond donors (Lipinski definition) is 0. The summed E-state index contributed by atoms with van der Waals surface area (Å²) >= 11 is 6.70. The number of ether oxygens (including phenoxy) is 1. The number of nitrogens with zero attached hydrogens (tertiary/aromatic N) is 7. The monoisotopic (exact) mass is 573 g/mol. The van der Waals surface area contributed by atoms with E-state index in [-0.39, 0.29) is 11.6 Å². The van der Waals surface area contributed by atoms with Gasteiger partial charge in [-0.15, -0.1) is 0 Å². The highest BCUT2D eigenvalue weighted by molar-refractivity contribution is 6.36. The normalized spacial score (nSPS) is 20.5. The van der Waals surface area contributed by atoms with Crippen molar-refractivity contribution < 1.29 is 4.74 Å². The first kappa shape index (κ1) is 28.0. The van der Waals surface area contributed by atoms with Crippen LogP contribution >= 0.6 is 11.6 Å². The minimum absolute atomic E-state index is 0.179.